The van der Waals surface area contributed by atoms with Gasteiger partial charge in [-0.1, -0.05) is 35.7 Å². The van der Waals surface area contributed by atoms with E-state index in [-0.39, 0.29) is 5.91 Å². The lowest BCUT2D eigenvalue weighted by Crippen LogP contribution is -2.60. The first-order valence-corrected chi connectivity index (χ1v) is 12.0. The second-order valence-electron chi connectivity index (χ2n) is 9.71. The van der Waals surface area contributed by atoms with Crippen molar-refractivity contribution in [2.24, 2.45) is 11.8 Å². The summed E-state index contributed by atoms with van der Waals surface area (Å²) in [4.78, 5) is 18.5. The maximum Gasteiger partial charge on any atom is 0.243 e. The summed E-state index contributed by atoms with van der Waals surface area (Å²) in [5, 5.41) is 1.77. The number of carbonyl (C=O) groups is 1. The van der Waals surface area contributed by atoms with E-state index in [1.165, 1.54) is 45.2 Å². The van der Waals surface area contributed by atoms with Crippen molar-refractivity contribution in [1.29, 1.82) is 0 Å². The Morgan fingerprint density at radius 3 is 3.00 bits per heavy atom. The molecule has 30 heavy (non-hydrogen) atoms. The first-order chi connectivity index (χ1) is 14.7. The fourth-order valence-corrected chi connectivity index (χ4v) is 7.05. The van der Waals surface area contributed by atoms with Crippen LogP contribution in [-0.4, -0.2) is 52.0 Å². The molecule has 1 aromatic heterocycles. The molecule has 6 rings (SSSR count). The van der Waals surface area contributed by atoms with Gasteiger partial charge in [-0.05, 0) is 68.7 Å². The number of benzene rings is 1. The number of piperidine rings is 3. The Morgan fingerprint density at radius 1 is 1.13 bits per heavy atom. The summed E-state index contributed by atoms with van der Waals surface area (Å²) in [6, 6.07) is 9.02. The molecule has 4 heterocycles. The van der Waals surface area contributed by atoms with Crippen molar-refractivity contribution < 1.29 is 4.79 Å². The number of halogens is 1. The summed E-state index contributed by atoms with van der Waals surface area (Å²) in [7, 11) is 0. The fraction of sp³-hybridized carbons (Fsp3) is 0.560. The molecule has 3 aliphatic heterocycles. The lowest BCUT2D eigenvalue weighted by molar-refractivity contribution is -0.136. The van der Waals surface area contributed by atoms with Crippen LogP contribution in [0.2, 0.25) is 5.02 Å². The van der Waals surface area contributed by atoms with E-state index < -0.39 is 0 Å². The van der Waals surface area contributed by atoms with E-state index in [1.54, 1.807) is 5.57 Å². The Labute approximate surface area is 183 Å². The average molecular weight is 424 g/mol. The summed E-state index contributed by atoms with van der Waals surface area (Å²) in [6.45, 7) is 3.72. The second kappa shape index (κ2) is 7.42. The molecule has 1 amide bonds. The van der Waals surface area contributed by atoms with Gasteiger partial charge in [0.1, 0.15) is 6.54 Å². The minimum absolute atomic E-state index is 0.252. The number of amides is 1. The van der Waals surface area contributed by atoms with Crippen molar-refractivity contribution in [1.82, 2.24) is 14.4 Å². The van der Waals surface area contributed by atoms with Crippen molar-refractivity contribution in [3.8, 4) is 0 Å². The van der Waals surface area contributed by atoms with Crippen LogP contribution in [0, 0.1) is 11.8 Å². The van der Waals surface area contributed by atoms with Crippen LogP contribution in [0.25, 0.3) is 10.9 Å². The highest BCUT2D eigenvalue weighted by molar-refractivity contribution is 6.35. The van der Waals surface area contributed by atoms with Gasteiger partial charge in [-0.25, -0.2) is 0 Å². The minimum atomic E-state index is 0.252. The normalized spacial score (nSPS) is 31.2. The molecule has 1 aromatic carbocycles. The van der Waals surface area contributed by atoms with E-state index in [4.69, 9.17) is 11.6 Å². The van der Waals surface area contributed by atoms with E-state index >= 15 is 0 Å². The maximum atomic E-state index is 13.5. The van der Waals surface area contributed by atoms with Crippen molar-refractivity contribution >= 4 is 28.4 Å². The molecule has 2 aromatic rings. The van der Waals surface area contributed by atoms with Crippen molar-refractivity contribution in [2.45, 2.75) is 57.2 Å². The Hall–Kier alpha value is -1.78. The van der Waals surface area contributed by atoms with Gasteiger partial charge in [0, 0.05) is 41.3 Å². The third-order valence-corrected chi connectivity index (χ3v) is 8.37. The number of rotatable bonds is 2. The van der Waals surface area contributed by atoms with Crippen molar-refractivity contribution in [3.05, 3.63) is 47.1 Å². The molecule has 4 aliphatic rings. The van der Waals surface area contributed by atoms with Gasteiger partial charge in [0.2, 0.25) is 5.91 Å². The van der Waals surface area contributed by atoms with Crippen molar-refractivity contribution in [3.63, 3.8) is 0 Å². The smallest absolute Gasteiger partial charge is 0.243 e. The van der Waals surface area contributed by atoms with Crippen LogP contribution in [-0.2, 0) is 11.3 Å². The van der Waals surface area contributed by atoms with Crippen LogP contribution in [0.15, 0.2) is 42.1 Å². The highest BCUT2D eigenvalue weighted by Gasteiger charge is 2.46. The summed E-state index contributed by atoms with van der Waals surface area (Å²) in [6.07, 6.45) is 12.2. The largest absolute Gasteiger partial charge is 0.338 e. The predicted octanol–water partition coefficient (Wildman–Crippen LogP) is 4.72. The van der Waals surface area contributed by atoms with Gasteiger partial charge >= 0.3 is 0 Å². The second-order valence-corrected chi connectivity index (χ2v) is 10.1. The van der Waals surface area contributed by atoms with Crippen LogP contribution in [0.1, 0.15) is 38.5 Å². The number of fused-ring (bicyclic) bond motifs is 7. The van der Waals surface area contributed by atoms with Gasteiger partial charge in [0.15, 0.2) is 0 Å². The average Bonchev–Trinajstić information content (AvgIpc) is 3.17. The molecule has 0 radical (unpaired) electrons. The monoisotopic (exact) mass is 423 g/mol. The third kappa shape index (κ3) is 3.03. The zero-order valence-electron chi connectivity index (χ0n) is 17.5. The van der Waals surface area contributed by atoms with Crippen LogP contribution in [0.4, 0.5) is 0 Å². The molecule has 0 N–H and O–H groups in total. The van der Waals surface area contributed by atoms with Gasteiger partial charge in [-0.15, -0.1) is 0 Å². The standard InChI is InChI=1S/C25H30ClN3O/c26-21-6-3-8-23-20(21)9-12-28(23)16-24(30)29-11-4-5-17-13-18-14-19(25(17)29)15-27-10-2-1-7-22(18)27/h3,6,8-9,12-13,18-19,22,25H,1-2,4-5,7,10-11,14-16H2/t18-,19-,22+,25+/m0/s1. The highest BCUT2D eigenvalue weighted by atomic mass is 35.5. The molecule has 0 saturated carbocycles. The van der Waals surface area contributed by atoms with Crippen molar-refractivity contribution in [2.75, 3.05) is 19.6 Å². The quantitative estimate of drug-likeness (QED) is 0.654. The molecule has 2 bridgehead atoms. The lowest BCUT2D eigenvalue weighted by Gasteiger charge is -2.54. The number of carbonyl (C=O) groups excluding carboxylic acids is 1. The molecule has 3 saturated heterocycles. The van der Waals surface area contributed by atoms with E-state index in [1.807, 2.05) is 24.4 Å². The SMILES string of the molecule is O=C(Cn1ccc2c(Cl)cccc21)N1CCCC2=C[C@H]3C[C@@H](CN4CCCC[C@H]34)[C@@H]21. The van der Waals surface area contributed by atoms with Gasteiger partial charge in [0.25, 0.3) is 0 Å². The lowest BCUT2D eigenvalue weighted by atomic mass is 9.68. The molecule has 5 heteroatoms. The minimum Gasteiger partial charge on any atom is -0.338 e. The maximum absolute atomic E-state index is 13.5. The molecule has 0 unspecified atom stereocenters. The zero-order valence-corrected chi connectivity index (χ0v) is 18.2. The third-order valence-electron chi connectivity index (χ3n) is 8.04. The first-order valence-electron chi connectivity index (χ1n) is 11.7. The number of nitrogens with zero attached hydrogens (tertiary/aromatic N) is 3. The molecular weight excluding hydrogens is 394 g/mol. The van der Waals surface area contributed by atoms with Crippen LogP contribution in [0.3, 0.4) is 0 Å². The molecule has 0 spiro atoms. The Kier molecular flexibility index (Phi) is 4.69. The Balaban J connectivity index is 1.27. The summed E-state index contributed by atoms with van der Waals surface area (Å²) in [5.41, 5.74) is 2.60. The van der Waals surface area contributed by atoms with Gasteiger partial charge in [-0.2, -0.15) is 0 Å². The summed E-state index contributed by atoms with van der Waals surface area (Å²) >= 11 is 6.34. The number of likely N-dealkylation sites (tertiary alicyclic amines) is 1. The molecular formula is C25H30ClN3O. The summed E-state index contributed by atoms with van der Waals surface area (Å²) in [5.74, 6) is 1.56. The van der Waals surface area contributed by atoms with E-state index in [2.05, 4.69) is 26.5 Å². The molecule has 4 atom stereocenters. The summed E-state index contributed by atoms with van der Waals surface area (Å²) < 4.78 is 2.06. The van der Waals surface area contributed by atoms with Gasteiger partial charge in [-0.3, -0.25) is 9.69 Å². The van der Waals surface area contributed by atoms with E-state index in [0.29, 0.717) is 24.4 Å². The van der Waals surface area contributed by atoms with Gasteiger partial charge < -0.3 is 9.47 Å². The topological polar surface area (TPSA) is 28.5 Å². The van der Waals surface area contributed by atoms with Gasteiger partial charge in [0.05, 0.1) is 6.04 Å². The Bertz CT molecular complexity index is 1010. The fourth-order valence-electron chi connectivity index (χ4n) is 6.81. The molecule has 4 nitrogen and oxygen atoms in total. The van der Waals surface area contributed by atoms with E-state index in [9.17, 15) is 4.79 Å². The predicted molar refractivity (Wildman–Crippen MR) is 121 cm³/mol. The number of hydrogen-bond donors (Lipinski definition) is 0. The number of hydrogen-bond acceptors (Lipinski definition) is 2. The zero-order chi connectivity index (χ0) is 20.2. The van der Waals surface area contributed by atoms with Crippen LogP contribution in [0.5, 0.6) is 0 Å². The molecule has 3 fully saturated rings. The molecule has 1 aliphatic carbocycles. The Morgan fingerprint density at radius 2 is 2.07 bits per heavy atom. The first kappa shape index (κ1) is 18.9. The van der Waals surface area contributed by atoms with E-state index in [0.717, 1.165) is 34.9 Å². The van der Waals surface area contributed by atoms with Crippen LogP contribution >= 0.6 is 11.6 Å². The highest BCUT2D eigenvalue weighted by Crippen LogP contribution is 2.45. The molecule has 158 valence electrons. The number of aromatic nitrogens is 1. The van der Waals surface area contributed by atoms with Crippen LogP contribution < -0.4 is 0 Å².